The standard InChI is InChI=1S/C22H26N2O5/c1-5-6-16-7-12-19(20(13-16)28-4)29-15-22(26)24(2)14-21(25)23-17-8-10-18(27-3)11-9-17/h5-13H,14-15H2,1-4H3,(H,23,25)/b6-5+. The third-order valence-electron chi connectivity index (χ3n) is 4.08. The lowest BCUT2D eigenvalue weighted by molar-refractivity contribution is -0.135. The second-order valence-electron chi connectivity index (χ2n) is 6.23. The summed E-state index contributed by atoms with van der Waals surface area (Å²) in [5, 5.41) is 2.73. The molecule has 7 nitrogen and oxygen atoms in total. The van der Waals surface area contributed by atoms with E-state index in [0.29, 0.717) is 22.9 Å². The maximum Gasteiger partial charge on any atom is 0.260 e. The molecule has 2 rings (SSSR count). The number of hydrogen-bond donors (Lipinski definition) is 1. The quantitative estimate of drug-likeness (QED) is 0.702. The number of nitrogens with one attached hydrogen (secondary N) is 1. The van der Waals surface area contributed by atoms with Gasteiger partial charge < -0.3 is 24.4 Å². The lowest BCUT2D eigenvalue weighted by atomic mass is 10.2. The number of allylic oxidation sites excluding steroid dienone is 1. The van der Waals surface area contributed by atoms with Crippen LogP contribution in [0.4, 0.5) is 5.69 Å². The normalized spacial score (nSPS) is 10.5. The largest absolute Gasteiger partial charge is 0.497 e. The highest BCUT2D eigenvalue weighted by Gasteiger charge is 2.15. The first-order valence-electron chi connectivity index (χ1n) is 9.08. The lowest BCUT2D eigenvalue weighted by Crippen LogP contribution is -2.37. The predicted molar refractivity (Wildman–Crippen MR) is 112 cm³/mol. The lowest BCUT2D eigenvalue weighted by Gasteiger charge is -2.18. The number of methoxy groups -OCH3 is 2. The summed E-state index contributed by atoms with van der Waals surface area (Å²) in [6.45, 7) is 1.63. The highest BCUT2D eigenvalue weighted by Crippen LogP contribution is 2.28. The summed E-state index contributed by atoms with van der Waals surface area (Å²) < 4.78 is 16.0. The molecule has 0 heterocycles. The van der Waals surface area contributed by atoms with Crippen LogP contribution in [0.2, 0.25) is 0 Å². The zero-order chi connectivity index (χ0) is 21.2. The van der Waals surface area contributed by atoms with Gasteiger partial charge in [0, 0.05) is 12.7 Å². The minimum absolute atomic E-state index is 0.0917. The number of benzene rings is 2. The molecule has 0 aliphatic heterocycles. The number of ether oxygens (including phenoxy) is 3. The van der Waals surface area contributed by atoms with Crippen LogP contribution in [-0.2, 0) is 9.59 Å². The predicted octanol–water partition coefficient (Wildman–Crippen LogP) is 3.21. The summed E-state index contributed by atoms with van der Waals surface area (Å²) >= 11 is 0. The minimum Gasteiger partial charge on any atom is -0.497 e. The number of amides is 2. The Morgan fingerprint density at radius 1 is 1.03 bits per heavy atom. The van der Waals surface area contributed by atoms with Gasteiger partial charge in [0.25, 0.3) is 5.91 Å². The van der Waals surface area contributed by atoms with Gasteiger partial charge in [0.2, 0.25) is 5.91 Å². The summed E-state index contributed by atoms with van der Waals surface area (Å²) in [5.41, 5.74) is 1.59. The Hall–Kier alpha value is -3.48. The van der Waals surface area contributed by atoms with Crippen molar-refractivity contribution in [1.82, 2.24) is 4.90 Å². The van der Waals surface area contributed by atoms with E-state index in [2.05, 4.69) is 5.32 Å². The van der Waals surface area contributed by atoms with Crippen molar-refractivity contribution >= 4 is 23.6 Å². The second-order valence-corrected chi connectivity index (χ2v) is 6.23. The van der Waals surface area contributed by atoms with E-state index in [-0.39, 0.29) is 25.0 Å². The first-order valence-corrected chi connectivity index (χ1v) is 9.08. The van der Waals surface area contributed by atoms with Gasteiger partial charge in [-0.25, -0.2) is 0 Å². The summed E-state index contributed by atoms with van der Waals surface area (Å²) in [7, 11) is 4.66. The smallest absolute Gasteiger partial charge is 0.260 e. The highest BCUT2D eigenvalue weighted by atomic mass is 16.5. The van der Waals surface area contributed by atoms with E-state index in [4.69, 9.17) is 14.2 Å². The molecule has 2 aromatic carbocycles. The van der Waals surface area contributed by atoms with Crippen LogP contribution in [0.15, 0.2) is 48.5 Å². The van der Waals surface area contributed by atoms with Crippen molar-refractivity contribution in [3.63, 3.8) is 0 Å². The van der Waals surface area contributed by atoms with E-state index < -0.39 is 0 Å². The minimum atomic E-state index is -0.325. The Bertz CT molecular complexity index is 862. The Morgan fingerprint density at radius 3 is 2.38 bits per heavy atom. The van der Waals surface area contributed by atoms with E-state index in [1.807, 2.05) is 31.2 Å². The van der Waals surface area contributed by atoms with Crippen LogP contribution in [0, 0.1) is 0 Å². The molecule has 0 aliphatic carbocycles. The van der Waals surface area contributed by atoms with Gasteiger partial charge in [-0.2, -0.15) is 0 Å². The van der Waals surface area contributed by atoms with Gasteiger partial charge in [-0.1, -0.05) is 18.2 Å². The first kappa shape index (κ1) is 21.8. The molecule has 0 saturated carbocycles. The molecule has 0 bridgehead atoms. The molecule has 7 heteroatoms. The fourth-order valence-corrected chi connectivity index (χ4v) is 2.53. The van der Waals surface area contributed by atoms with Gasteiger partial charge in [0.1, 0.15) is 5.75 Å². The molecule has 0 fully saturated rings. The van der Waals surface area contributed by atoms with Crippen LogP contribution in [-0.4, -0.2) is 51.1 Å². The molecule has 0 aliphatic rings. The van der Waals surface area contributed by atoms with Gasteiger partial charge in [0.05, 0.1) is 20.8 Å². The molecule has 1 N–H and O–H groups in total. The summed E-state index contributed by atoms with van der Waals surface area (Å²) in [6.07, 6.45) is 3.86. The number of rotatable bonds is 9. The summed E-state index contributed by atoms with van der Waals surface area (Å²) in [6, 6.07) is 12.4. The maximum atomic E-state index is 12.3. The van der Waals surface area contributed by atoms with Crippen LogP contribution >= 0.6 is 0 Å². The number of hydrogen-bond acceptors (Lipinski definition) is 5. The monoisotopic (exact) mass is 398 g/mol. The third-order valence-corrected chi connectivity index (χ3v) is 4.08. The van der Waals surface area contributed by atoms with Gasteiger partial charge >= 0.3 is 0 Å². The molecule has 0 unspecified atom stereocenters. The molecule has 29 heavy (non-hydrogen) atoms. The third kappa shape index (κ3) is 6.57. The SMILES string of the molecule is C/C=C/c1ccc(OCC(=O)N(C)CC(=O)Nc2ccc(OC)cc2)c(OC)c1. The number of carbonyl (C=O) groups is 2. The Kier molecular flexibility index (Phi) is 8.09. The molecule has 2 aromatic rings. The van der Waals surface area contributed by atoms with Crippen LogP contribution in [0.3, 0.4) is 0 Å². The van der Waals surface area contributed by atoms with Crippen LogP contribution in [0.25, 0.3) is 6.08 Å². The van der Waals surface area contributed by atoms with Crippen LogP contribution in [0.5, 0.6) is 17.2 Å². The van der Waals surface area contributed by atoms with Crippen molar-refractivity contribution in [3.8, 4) is 17.2 Å². The van der Waals surface area contributed by atoms with E-state index in [1.165, 1.54) is 4.90 Å². The Balaban J connectivity index is 1.87. The van der Waals surface area contributed by atoms with E-state index >= 15 is 0 Å². The molecule has 2 amide bonds. The van der Waals surface area contributed by atoms with Crippen molar-refractivity contribution in [1.29, 1.82) is 0 Å². The molecule has 0 radical (unpaired) electrons. The van der Waals surface area contributed by atoms with Crippen LogP contribution in [0.1, 0.15) is 12.5 Å². The zero-order valence-corrected chi connectivity index (χ0v) is 17.1. The van der Waals surface area contributed by atoms with Gasteiger partial charge in [-0.05, 0) is 48.9 Å². The van der Waals surface area contributed by atoms with Gasteiger partial charge in [0.15, 0.2) is 18.1 Å². The second kappa shape index (κ2) is 10.8. The van der Waals surface area contributed by atoms with Crippen molar-refractivity contribution in [2.45, 2.75) is 6.92 Å². The number of nitrogens with zero attached hydrogens (tertiary/aromatic N) is 1. The number of anilines is 1. The molecular formula is C22H26N2O5. The number of likely N-dealkylation sites (N-methyl/N-ethyl adjacent to an activating group) is 1. The molecule has 0 saturated heterocycles. The van der Waals surface area contributed by atoms with Crippen molar-refractivity contribution in [2.75, 3.05) is 39.7 Å². The highest BCUT2D eigenvalue weighted by molar-refractivity contribution is 5.94. The van der Waals surface area contributed by atoms with E-state index in [1.54, 1.807) is 51.6 Å². The fraction of sp³-hybridized carbons (Fsp3) is 0.273. The topological polar surface area (TPSA) is 77.1 Å². The number of carbonyl (C=O) groups excluding carboxylic acids is 2. The molecule has 0 atom stereocenters. The zero-order valence-electron chi connectivity index (χ0n) is 17.1. The molecular weight excluding hydrogens is 372 g/mol. The van der Waals surface area contributed by atoms with Gasteiger partial charge in [-0.15, -0.1) is 0 Å². The van der Waals surface area contributed by atoms with E-state index in [9.17, 15) is 9.59 Å². The average molecular weight is 398 g/mol. The van der Waals surface area contributed by atoms with E-state index in [0.717, 1.165) is 5.56 Å². The summed E-state index contributed by atoms with van der Waals surface area (Å²) in [4.78, 5) is 25.8. The molecule has 154 valence electrons. The summed E-state index contributed by atoms with van der Waals surface area (Å²) in [5.74, 6) is 1.06. The van der Waals surface area contributed by atoms with Crippen molar-refractivity contribution < 1.29 is 23.8 Å². The van der Waals surface area contributed by atoms with Crippen molar-refractivity contribution in [2.24, 2.45) is 0 Å². The Morgan fingerprint density at radius 2 is 1.76 bits per heavy atom. The first-order chi connectivity index (χ1) is 14.0. The molecule has 0 spiro atoms. The Labute approximate surface area is 170 Å². The van der Waals surface area contributed by atoms with Crippen LogP contribution < -0.4 is 19.5 Å². The molecule has 0 aromatic heterocycles. The maximum absolute atomic E-state index is 12.3. The van der Waals surface area contributed by atoms with Crippen molar-refractivity contribution in [3.05, 3.63) is 54.1 Å². The van der Waals surface area contributed by atoms with Gasteiger partial charge in [-0.3, -0.25) is 9.59 Å². The average Bonchev–Trinajstić information content (AvgIpc) is 2.73. The fourth-order valence-electron chi connectivity index (χ4n) is 2.53.